The van der Waals surface area contributed by atoms with Gasteiger partial charge in [0, 0.05) is 31.2 Å². The maximum Gasteiger partial charge on any atom is 0.237 e. The highest BCUT2D eigenvalue weighted by Crippen LogP contribution is 2.35. The molecule has 3 aliphatic rings. The van der Waals surface area contributed by atoms with Crippen LogP contribution in [0, 0.1) is 17.1 Å². The molecule has 6 heterocycles. The molecule has 1 amide bonds. The number of amides is 1. The number of β-amino-alcohol motifs (C(OH)–C–C–N with tert-alkyl or cyclic N) is 1. The first-order valence-electron chi connectivity index (χ1n) is 12.4. The normalized spacial score (nSPS) is 24.1. The number of hydrogen-bond donors (Lipinski definition) is 1. The molecule has 3 aromatic rings. The molecule has 6 rings (SSSR count). The van der Waals surface area contributed by atoms with E-state index in [2.05, 4.69) is 34.6 Å². The fourth-order valence-electron chi connectivity index (χ4n) is 5.96. The summed E-state index contributed by atoms with van der Waals surface area (Å²) in [5.41, 5.74) is 4.47. The molecule has 0 saturated carbocycles. The number of fused-ring (bicyclic) bond motifs is 4. The minimum atomic E-state index is -0.454. The van der Waals surface area contributed by atoms with Crippen molar-refractivity contribution in [3.05, 3.63) is 46.8 Å². The van der Waals surface area contributed by atoms with Crippen LogP contribution in [-0.2, 0) is 24.3 Å². The van der Waals surface area contributed by atoms with Crippen LogP contribution >= 0.6 is 0 Å². The van der Waals surface area contributed by atoms with Gasteiger partial charge in [0.2, 0.25) is 5.91 Å². The van der Waals surface area contributed by atoms with Gasteiger partial charge in [0.25, 0.3) is 0 Å². The number of aromatic nitrogens is 4. The van der Waals surface area contributed by atoms with Crippen LogP contribution in [0.4, 0.5) is 10.1 Å². The first kappa shape index (κ1) is 22.9. The Balaban J connectivity index is 1.28. The third-order valence-corrected chi connectivity index (χ3v) is 7.77. The summed E-state index contributed by atoms with van der Waals surface area (Å²) < 4.78 is 18.2. The molecule has 3 aliphatic heterocycles. The van der Waals surface area contributed by atoms with Gasteiger partial charge in [0.1, 0.15) is 17.3 Å². The topological polar surface area (TPSA) is 106 Å². The fraction of sp³-hybridized carbons (Fsp3) is 0.520. The van der Waals surface area contributed by atoms with E-state index in [1.54, 1.807) is 12.1 Å². The average molecular weight is 493 g/mol. The number of nitriles is 1. The molecule has 3 aromatic heterocycles. The van der Waals surface area contributed by atoms with Crippen molar-refractivity contribution >= 4 is 17.1 Å². The van der Waals surface area contributed by atoms with Gasteiger partial charge in [-0.2, -0.15) is 15.5 Å². The van der Waals surface area contributed by atoms with Crippen molar-refractivity contribution in [3.8, 4) is 6.07 Å². The molecule has 1 saturated heterocycles. The van der Waals surface area contributed by atoms with Crippen molar-refractivity contribution in [3.63, 3.8) is 0 Å². The lowest BCUT2D eigenvalue weighted by atomic mass is 9.96. The number of halogens is 1. The van der Waals surface area contributed by atoms with Crippen LogP contribution in [-0.4, -0.2) is 78.5 Å². The number of carbonyl (C=O) groups excluding carboxylic acids is 1. The molecule has 0 aliphatic carbocycles. The number of carbonyl (C=O) groups is 1. The van der Waals surface area contributed by atoms with E-state index < -0.39 is 5.82 Å². The maximum atomic E-state index is 14.7. The van der Waals surface area contributed by atoms with E-state index in [-0.39, 0.29) is 29.8 Å². The van der Waals surface area contributed by atoms with Crippen molar-refractivity contribution in [2.45, 2.75) is 58.0 Å². The van der Waals surface area contributed by atoms with E-state index >= 15 is 0 Å². The van der Waals surface area contributed by atoms with E-state index in [1.165, 1.54) is 10.1 Å². The number of pyridine rings is 1. The smallest absolute Gasteiger partial charge is 0.237 e. The molecular weight excluding hydrogens is 463 g/mol. The second-order valence-corrected chi connectivity index (χ2v) is 10.3. The lowest BCUT2D eigenvalue weighted by Gasteiger charge is -2.36. The number of aliphatic hydroxyl groups is 1. The Labute approximate surface area is 208 Å². The summed E-state index contributed by atoms with van der Waals surface area (Å²) >= 11 is 0. The standard InChI is InChI=1S/C25H29FN8O2/c1-15-7-19-21(12-32(15)24(36)14-30-6-5-18(35)11-30)29-33-16(2)10-31(13-23(19)33)22-4-3-17(8-27)34-25(22)20(26)9-28-34/h3-4,9,15-16,18,35H,5-7,10-14H2,1-2H3/t15-,16+,18?/m0/s1. The molecular formula is C25H29FN8O2. The predicted octanol–water partition coefficient (Wildman–Crippen LogP) is 1.46. The van der Waals surface area contributed by atoms with E-state index in [0.717, 1.165) is 24.1 Å². The van der Waals surface area contributed by atoms with Crippen molar-refractivity contribution in [1.82, 2.24) is 29.2 Å². The van der Waals surface area contributed by atoms with Gasteiger partial charge in [0.05, 0.1) is 55.1 Å². The van der Waals surface area contributed by atoms with Gasteiger partial charge >= 0.3 is 0 Å². The highest BCUT2D eigenvalue weighted by molar-refractivity contribution is 5.79. The highest BCUT2D eigenvalue weighted by atomic mass is 19.1. The summed E-state index contributed by atoms with van der Waals surface area (Å²) in [6, 6.07) is 5.62. The van der Waals surface area contributed by atoms with E-state index in [1.807, 2.05) is 9.80 Å². The van der Waals surface area contributed by atoms with Crippen LogP contribution in [0.3, 0.4) is 0 Å². The van der Waals surface area contributed by atoms with Gasteiger partial charge in [-0.15, -0.1) is 0 Å². The van der Waals surface area contributed by atoms with Crippen LogP contribution in [0.25, 0.3) is 5.52 Å². The molecule has 1 fully saturated rings. The summed E-state index contributed by atoms with van der Waals surface area (Å²) in [5, 5.41) is 28.2. The van der Waals surface area contributed by atoms with E-state index in [0.29, 0.717) is 56.8 Å². The lowest BCUT2D eigenvalue weighted by molar-refractivity contribution is -0.135. The molecule has 10 nitrogen and oxygen atoms in total. The van der Waals surface area contributed by atoms with Crippen molar-refractivity contribution in [2.75, 3.05) is 31.1 Å². The Kier molecular flexibility index (Phi) is 5.46. The number of likely N-dealkylation sites (tertiary alicyclic amines) is 1. The zero-order valence-electron chi connectivity index (χ0n) is 20.4. The molecule has 0 radical (unpaired) electrons. The van der Waals surface area contributed by atoms with Crippen molar-refractivity contribution in [2.24, 2.45) is 0 Å². The Hall–Kier alpha value is -3.49. The summed E-state index contributed by atoms with van der Waals surface area (Å²) in [6.45, 7) is 7.43. The van der Waals surface area contributed by atoms with Gasteiger partial charge in [-0.05, 0) is 38.8 Å². The van der Waals surface area contributed by atoms with Crippen LogP contribution in [0.2, 0.25) is 0 Å². The molecule has 0 spiro atoms. The van der Waals surface area contributed by atoms with Crippen LogP contribution < -0.4 is 4.90 Å². The number of aliphatic hydroxyl groups excluding tert-OH is 1. The summed E-state index contributed by atoms with van der Waals surface area (Å²) in [4.78, 5) is 19.1. The van der Waals surface area contributed by atoms with E-state index in [4.69, 9.17) is 5.10 Å². The third-order valence-electron chi connectivity index (χ3n) is 7.77. The summed E-state index contributed by atoms with van der Waals surface area (Å²) in [6.07, 6.45) is 2.23. The minimum absolute atomic E-state index is 0.0333. The number of rotatable bonds is 3. The fourth-order valence-corrected chi connectivity index (χ4v) is 5.96. The number of anilines is 1. The zero-order chi connectivity index (χ0) is 25.1. The zero-order valence-corrected chi connectivity index (χ0v) is 20.4. The van der Waals surface area contributed by atoms with Gasteiger partial charge < -0.3 is 14.9 Å². The Morgan fingerprint density at radius 2 is 2.08 bits per heavy atom. The number of nitrogens with zero attached hydrogens (tertiary/aromatic N) is 8. The second kappa shape index (κ2) is 8.57. The monoisotopic (exact) mass is 492 g/mol. The quantitative estimate of drug-likeness (QED) is 0.590. The second-order valence-electron chi connectivity index (χ2n) is 10.3. The summed E-state index contributed by atoms with van der Waals surface area (Å²) in [7, 11) is 0. The minimum Gasteiger partial charge on any atom is -0.392 e. The molecule has 11 heteroatoms. The molecule has 3 atom stereocenters. The van der Waals surface area contributed by atoms with Crippen LogP contribution in [0.15, 0.2) is 18.3 Å². The maximum absolute atomic E-state index is 14.7. The Bertz CT molecular complexity index is 1390. The Morgan fingerprint density at radius 1 is 1.25 bits per heavy atom. The first-order valence-corrected chi connectivity index (χ1v) is 12.4. The first-order chi connectivity index (χ1) is 17.3. The number of hydrogen-bond acceptors (Lipinski definition) is 7. The molecule has 188 valence electrons. The Morgan fingerprint density at radius 3 is 2.83 bits per heavy atom. The van der Waals surface area contributed by atoms with Crippen LogP contribution in [0.5, 0.6) is 0 Å². The van der Waals surface area contributed by atoms with Gasteiger partial charge in [-0.3, -0.25) is 14.4 Å². The van der Waals surface area contributed by atoms with Gasteiger partial charge in [-0.25, -0.2) is 8.91 Å². The third kappa shape index (κ3) is 3.63. The molecule has 36 heavy (non-hydrogen) atoms. The average Bonchev–Trinajstić information content (AvgIpc) is 3.55. The lowest BCUT2D eigenvalue weighted by Crippen LogP contribution is -2.47. The molecule has 0 bridgehead atoms. The SMILES string of the molecule is C[C@@H]1CN(c2ccc(C#N)n3ncc(F)c23)Cc2c3c(nn21)CN(C(=O)CN1CCC(O)C1)[C@@H](C)C3. The van der Waals surface area contributed by atoms with Crippen LogP contribution in [0.1, 0.15) is 49.0 Å². The van der Waals surface area contributed by atoms with E-state index in [9.17, 15) is 19.6 Å². The highest BCUT2D eigenvalue weighted by Gasteiger charge is 2.36. The summed E-state index contributed by atoms with van der Waals surface area (Å²) in [5.74, 6) is -0.386. The van der Waals surface area contributed by atoms with Crippen molar-refractivity contribution < 1.29 is 14.3 Å². The predicted molar refractivity (Wildman–Crippen MR) is 129 cm³/mol. The largest absolute Gasteiger partial charge is 0.392 e. The molecule has 1 N–H and O–H groups in total. The molecule has 1 unspecified atom stereocenters. The van der Waals surface area contributed by atoms with Crippen molar-refractivity contribution in [1.29, 1.82) is 5.26 Å². The van der Waals surface area contributed by atoms with Gasteiger partial charge in [0.15, 0.2) is 5.82 Å². The van der Waals surface area contributed by atoms with Gasteiger partial charge in [-0.1, -0.05) is 0 Å². The molecule has 0 aromatic carbocycles.